The molecule has 0 radical (unpaired) electrons. The molecule has 1 N–H and O–H groups in total. The summed E-state index contributed by atoms with van der Waals surface area (Å²) in [4.78, 5) is 24.6. The normalized spacial score (nSPS) is 14.7. The Bertz CT molecular complexity index is 1230. The van der Waals surface area contributed by atoms with Gasteiger partial charge in [-0.15, -0.1) is 6.58 Å². The SMILES string of the molecule is C=CCNS(=O)(=O)c1ccc(C(=O)OCC(=O)c2ccc(S(=O)(=O)N3CCCC3)cc2)cc1. The van der Waals surface area contributed by atoms with Gasteiger partial charge in [0.05, 0.1) is 15.4 Å². The zero-order chi connectivity index (χ0) is 24.1. The fraction of sp³-hybridized carbons (Fsp3) is 0.273. The Balaban J connectivity index is 1.59. The second-order valence-corrected chi connectivity index (χ2v) is 11.0. The molecule has 11 heteroatoms. The average Bonchev–Trinajstić information content (AvgIpc) is 3.37. The van der Waals surface area contributed by atoms with E-state index in [1.807, 2.05) is 0 Å². The van der Waals surface area contributed by atoms with Crippen LogP contribution >= 0.6 is 0 Å². The number of hydrogen-bond donors (Lipinski definition) is 1. The van der Waals surface area contributed by atoms with E-state index in [4.69, 9.17) is 4.74 Å². The zero-order valence-corrected chi connectivity index (χ0v) is 19.4. The molecule has 0 unspecified atom stereocenters. The summed E-state index contributed by atoms with van der Waals surface area (Å²) in [5, 5.41) is 0. The number of carbonyl (C=O) groups is 2. The van der Waals surface area contributed by atoms with Gasteiger partial charge in [-0.1, -0.05) is 6.08 Å². The molecule has 0 amide bonds. The zero-order valence-electron chi connectivity index (χ0n) is 17.8. The lowest BCUT2D eigenvalue weighted by atomic mass is 10.1. The number of nitrogens with one attached hydrogen (secondary N) is 1. The van der Waals surface area contributed by atoms with Gasteiger partial charge in [-0.05, 0) is 61.4 Å². The molecule has 0 aliphatic carbocycles. The first kappa shape index (κ1) is 24.8. The van der Waals surface area contributed by atoms with Gasteiger partial charge in [0.1, 0.15) is 0 Å². The van der Waals surface area contributed by atoms with Gasteiger partial charge in [0, 0.05) is 25.2 Å². The van der Waals surface area contributed by atoms with Crippen molar-refractivity contribution in [3.63, 3.8) is 0 Å². The highest BCUT2D eigenvalue weighted by Crippen LogP contribution is 2.21. The maximum atomic E-state index is 12.6. The number of hydrogen-bond acceptors (Lipinski definition) is 7. The molecule has 0 aromatic heterocycles. The number of benzene rings is 2. The van der Waals surface area contributed by atoms with Crippen molar-refractivity contribution in [3.05, 3.63) is 72.3 Å². The van der Waals surface area contributed by atoms with Crippen LogP contribution in [0.1, 0.15) is 33.6 Å². The monoisotopic (exact) mass is 492 g/mol. The fourth-order valence-electron chi connectivity index (χ4n) is 3.21. The lowest BCUT2D eigenvalue weighted by molar-refractivity contribution is 0.0474. The van der Waals surface area contributed by atoms with E-state index in [1.165, 1.54) is 58.9 Å². The van der Waals surface area contributed by atoms with E-state index in [-0.39, 0.29) is 27.5 Å². The summed E-state index contributed by atoms with van der Waals surface area (Å²) in [6.45, 7) is 3.93. The van der Waals surface area contributed by atoms with Crippen molar-refractivity contribution in [2.75, 3.05) is 26.2 Å². The minimum absolute atomic E-state index is 0.0269. The van der Waals surface area contributed by atoms with E-state index in [2.05, 4.69) is 11.3 Å². The first-order valence-electron chi connectivity index (χ1n) is 10.2. The predicted octanol–water partition coefficient (Wildman–Crippen LogP) is 1.98. The fourth-order valence-corrected chi connectivity index (χ4v) is 5.73. The van der Waals surface area contributed by atoms with E-state index >= 15 is 0 Å². The van der Waals surface area contributed by atoms with E-state index in [0.717, 1.165) is 12.8 Å². The molecule has 1 aliphatic rings. The van der Waals surface area contributed by atoms with Gasteiger partial charge in [-0.2, -0.15) is 4.31 Å². The van der Waals surface area contributed by atoms with Crippen molar-refractivity contribution in [2.24, 2.45) is 0 Å². The highest BCUT2D eigenvalue weighted by Gasteiger charge is 2.27. The van der Waals surface area contributed by atoms with Crippen LogP contribution in [0.15, 0.2) is 71.0 Å². The number of sulfonamides is 2. The molecule has 176 valence electrons. The second-order valence-electron chi connectivity index (χ2n) is 7.30. The van der Waals surface area contributed by atoms with Crippen molar-refractivity contribution in [1.82, 2.24) is 9.03 Å². The lowest BCUT2D eigenvalue weighted by Gasteiger charge is -2.15. The predicted molar refractivity (Wildman–Crippen MR) is 121 cm³/mol. The quantitative estimate of drug-likeness (QED) is 0.305. The largest absolute Gasteiger partial charge is 0.454 e. The van der Waals surface area contributed by atoms with Crippen LogP contribution in [0.25, 0.3) is 0 Å². The van der Waals surface area contributed by atoms with E-state index in [9.17, 15) is 26.4 Å². The molecule has 2 aromatic carbocycles. The number of ketones is 1. The van der Waals surface area contributed by atoms with Crippen molar-refractivity contribution < 1.29 is 31.2 Å². The number of carbonyl (C=O) groups excluding carboxylic acids is 2. The van der Waals surface area contributed by atoms with Crippen LogP contribution < -0.4 is 4.72 Å². The third kappa shape index (κ3) is 5.93. The first-order valence-corrected chi connectivity index (χ1v) is 13.1. The molecular weight excluding hydrogens is 468 g/mol. The second kappa shape index (κ2) is 10.4. The van der Waals surface area contributed by atoms with Gasteiger partial charge in [-0.3, -0.25) is 4.79 Å². The standard InChI is InChI=1S/C22H24N2O7S2/c1-2-13-23-32(27,28)19-9-7-18(8-10-19)22(26)31-16-21(25)17-5-11-20(12-6-17)33(29,30)24-14-3-4-15-24/h2,5-12,23H,1,3-4,13-16H2. The number of esters is 1. The summed E-state index contributed by atoms with van der Waals surface area (Å²) < 4.78 is 57.9. The summed E-state index contributed by atoms with van der Waals surface area (Å²) in [6, 6.07) is 10.6. The van der Waals surface area contributed by atoms with Gasteiger partial charge >= 0.3 is 5.97 Å². The lowest BCUT2D eigenvalue weighted by Crippen LogP contribution is -2.27. The topological polar surface area (TPSA) is 127 Å². The maximum Gasteiger partial charge on any atom is 0.338 e. The van der Waals surface area contributed by atoms with Gasteiger partial charge in [0.25, 0.3) is 0 Å². The minimum atomic E-state index is -3.72. The van der Waals surface area contributed by atoms with Crippen LogP contribution in [0, 0.1) is 0 Å². The van der Waals surface area contributed by atoms with Crippen LogP contribution in [0.5, 0.6) is 0 Å². The van der Waals surface area contributed by atoms with Gasteiger partial charge in [0.2, 0.25) is 20.0 Å². The number of rotatable bonds is 10. The van der Waals surface area contributed by atoms with E-state index in [1.54, 1.807) is 0 Å². The van der Waals surface area contributed by atoms with Crippen molar-refractivity contribution in [2.45, 2.75) is 22.6 Å². The molecule has 3 rings (SSSR count). The maximum absolute atomic E-state index is 12.6. The van der Waals surface area contributed by atoms with Crippen LogP contribution in [-0.4, -0.2) is 59.1 Å². The first-order chi connectivity index (χ1) is 15.6. The molecule has 0 bridgehead atoms. The van der Waals surface area contributed by atoms with Crippen LogP contribution in [0.2, 0.25) is 0 Å². The summed E-state index contributed by atoms with van der Waals surface area (Å²) in [5.74, 6) is -1.29. The molecular formula is C22H24N2O7S2. The van der Waals surface area contributed by atoms with Crippen molar-refractivity contribution in [1.29, 1.82) is 0 Å². The number of Topliss-reactive ketones (excluding diaryl/α,β-unsaturated/α-hetero) is 1. The van der Waals surface area contributed by atoms with Crippen molar-refractivity contribution in [3.8, 4) is 0 Å². The average molecular weight is 493 g/mol. The minimum Gasteiger partial charge on any atom is -0.454 e. The third-order valence-corrected chi connectivity index (χ3v) is 8.38. The molecule has 2 aromatic rings. The Morgan fingerprint density at radius 2 is 1.45 bits per heavy atom. The van der Waals surface area contributed by atoms with Crippen LogP contribution in [0.3, 0.4) is 0 Å². The Labute approximate surface area is 193 Å². The van der Waals surface area contributed by atoms with E-state index in [0.29, 0.717) is 13.1 Å². The highest BCUT2D eigenvalue weighted by atomic mass is 32.2. The smallest absolute Gasteiger partial charge is 0.338 e. The highest BCUT2D eigenvalue weighted by molar-refractivity contribution is 7.89. The Morgan fingerprint density at radius 1 is 0.909 bits per heavy atom. The molecule has 1 aliphatic heterocycles. The number of nitrogens with zero attached hydrogens (tertiary/aromatic N) is 1. The van der Waals surface area contributed by atoms with Crippen LogP contribution in [-0.2, 0) is 24.8 Å². The molecule has 1 saturated heterocycles. The van der Waals surface area contributed by atoms with Crippen molar-refractivity contribution >= 4 is 31.8 Å². The molecule has 1 heterocycles. The summed E-state index contributed by atoms with van der Waals surface area (Å²) in [6.07, 6.45) is 3.05. The molecule has 0 spiro atoms. The van der Waals surface area contributed by atoms with Gasteiger partial charge in [0.15, 0.2) is 12.4 Å². The summed E-state index contributed by atoms with van der Waals surface area (Å²) in [7, 11) is -7.30. The number of ether oxygens (including phenoxy) is 1. The summed E-state index contributed by atoms with van der Waals surface area (Å²) in [5.41, 5.74) is 0.287. The Hall–Kier alpha value is -2.86. The molecule has 1 fully saturated rings. The van der Waals surface area contributed by atoms with E-state index < -0.39 is 38.4 Å². The third-order valence-electron chi connectivity index (χ3n) is 5.03. The molecule has 33 heavy (non-hydrogen) atoms. The Morgan fingerprint density at radius 3 is 2.03 bits per heavy atom. The molecule has 0 saturated carbocycles. The molecule has 0 atom stereocenters. The van der Waals surface area contributed by atoms with Crippen LogP contribution in [0.4, 0.5) is 0 Å². The Kier molecular flexibility index (Phi) is 7.80. The molecule has 9 nitrogen and oxygen atoms in total. The van der Waals surface area contributed by atoms with Gasteiger partial charge < -0.3 is 4.74 Å². The summed E-state index contributed by atoms with van der Waals surface area (Å²) >= 11 is 0. The van der Waals surface area contributed by atoms with Gasteiger partial charge in [-0.25, -0.2) is 26.4 Å².